The molecule has 0 radical (unpaired) electrons. The van der Waals surface area contributed by atoms with Crippen molar-refractivity contribution < 1.29 is 4.74 Å². The minimum Gasteiger partial charge on any atom is -0.380 e. The third-order valence-corrected chi connectivity index (χ3v) is 4.64. The van der Waals surface area contributed by atoms with Crippen molar-refractivity contribution in [1.29, 1.82) is 0 Å². The van der Waals surface area contributed by atoms with Gasteiger partial charge in [0.15, 0.2) is 0 Å². The van der Waals surface area contributed by atoms with Crippen molar-refractivity contribution >= 4 is 0 Å². The highest BCUT2D eigenvalue weighted by Gasteiger charge is 2.36. The molecule has 0 spiro atoms. The van der Waals surface area contributed by atoms with Gasteiger partial charge in [-0.2, -0.15) is 0 Å². The smallest absolute Gasteiger partial charge is 0.0637 e. The fraction of sp³-hybridized carbons (Fsp3) is 1.00. The quantitative estimate of drug-likeness (QED) is 0.749. The van der Waals surface area contributed by atoms with Crippen molar-refractivity contribution in [2.75, 3.05) is 32.8 Å². The highest BCUT2D eigenvalue weighted by atomic mass is 16.5. The summed E-state index contributed by atoms with van der Waals surface area (Å²) in [5, 5.41) is 3.68. The van der Waals surface area contributed by atoms with Crippen molar-refractivity contribution in [1.82, 2.24) is 10.2 Å². The molecule has 3 heteroatoms. The zero-order valence-corrected chi connectivity index (χ0v) is 11.7. The molecule has 104 valence electrons. The maximum atomic E-state index is 5.76. The van der Waals surface area contributed by atoms with Gasteiger partial charge in [-0.25, -0.2) is 0 Å². The summed E-state index contributed by atoms with van der Waals surface area (Å²) in [4.78, 5) is 2.77. The molecule has 1 N–H and O–H groups in total. The van der Waals surface area contributed by atoms with Crippen molar-refractivity contribution in [3.8, 4) is 0 Å². The van der Waals surface area contributed by atoms with Gasteiger partial charge < -0.3 is 10.1 Å². The van der Waals surface area contributed by atoms with Gasteiger partial charge in [0.1, 0.15) is 0 Å². The van der Waals surface area contributed by atoms with Gasteiger partial charge >= 0.3 is 0 Å². The number of nitrogens with one attached hydrogen (secondary N) is 1. The Bertz CT molecular complexity index is 247. The van der Waals surface area contributed by atoms with Crippen LogP contribution in [0.5, 0.6) is 0 Å². The topological polar surface area (TPSA) is 24.5 Å². The van der Waals surface area contributed by atoms with Crippen LogP contribution < -0.4 is 5.32 Å². The third kappa shape index (κ3) is 3.46. The molecule has 3 rings (SSSR count). The molecule has 1 aliphatic heterocycles. The standard InChI is InChI=1S/C15H28N2O/c1-2-16-14-7-8-18-11-15(14)17(9-12-3-4-12)10-13-5-6-13/h12-16H,2-11H2,1H3. The lowest BCUT2D eigenvalue weighted by Gasteiger charge is -2.40. The van der Waals surface area contributed by atoms with Gasteiger partial charge in [-0.05, 0) is 50.5 Å². The molecule has 2 aliphatic carbocycles. The first-order valence-electron chi connectivity index (χ1n) is 7.92. The molecule has 3 nitrogen and oxygen atoms in total. The number of rotatable bonds is 7. The number of hydrogen-bond acceptors (Lipinski definition) is 3. The molecule has 18 heavy (non-hydrogen) atoms. The van der Waals surface area contributed by atoms with Gasteiger partial charge in [-0.15, -0.1) is 0 Å². The van der Waals surface area contributed by atoms with E-state index in [1.165, 1.54) is 45.2 Å². The maximum absolute atomic E-state index is 5.76. The highest BCUT2D eigenvalue weighted by molar-refractivity contribution is 4.92. The van der Waals surface area contributed by atoms with Crippen LogP contribution in [0.15, 0.2) is 0 Å². The van der Waals surface area contributed by atoms with Crippen LogP contribution in [0.3, 0.4) is 0 Å². The Morgan fingerprint density at radius 3 is 2.28 bits per heavy atom. The van der Waals surface area contributed by atoms with E-state index in [1.807, 2.05) is 0 Å². The van der Waals surface area contributed by atoms with Crippen LogP contribution in [0.1, 0.15) is 39.0 Å². The maximum Gasteiger partial charge on any atom is 0.0637 e. The summed E-state index contributed by atoms with van der Waals surface area (Å²) < 4.78 is 5.76. The van der Waals surface area contributed by atoms with E-state index < -0.39 is 0 Å². The van der Waals surface area contributed by atoms with Crippen LogP contribution in [-0.2, 0) is 4.74 Å². The predicted molar refractivity (Wildman–Crippen MR) is 73.7 cm³/mol. The second-order valence-electron chi connectivity index (χ2n) is 6.44. The molecule has 2 saturated carbocycles. The van der Waals surface area contributed by atoms with Crippen molar-refractivity contribution in [3.63, 3.8) is 0 Å². The lowest BCUT2D eigenvalue weighted by molar-refractivity contribution is -0.00618. The molecular formula is C15H28N2O. The Kier molecular flexibility index (Phi) is 4.22. The summed E-state index contributed by atoms with van der Waals surface area (Å²) in [5.41, 5.74) is 0. The number of nitrogens with zero attached hydrogens (tertiary/aromatic N) is 1. The lowest BCUT2D eigenvalue weighted by atomic mass is 10.0. The number of ether oxygens (including phenoxy) is 1. The van der Waals surface area contributed by atoms with Gasteiger partial charge in [-0.1, -0.05) is 6.92 Å². The zero-order valence-electron chi connectivity index (χ0n) is 11.7. The lowest BCUT2D eigenvalue weighted by Crippen LogP contribution is -2.56. The predicted octanol–water partition coefficient (Wildman–Crippen LogP) is 1.88. The summed E-state index contributed by atoms with van der Waals surface area (Å²) in [6, 6.07) is 1.28. The average Bonchev–Trinajstić information content (AvgIpc) is 3.24. The molecule has 3 aliphatic rings. The van der Waals surface area contributed by atoms with Gasteiger partial charge in [0.2, 0.25) is 0 Å². The largest absolute Gasteiger partial charge is 0.380 e. The molecule has 3 fully saturated rings. The summed E-state index contributed by atoms with van der Waals surface area (Å²) in [7, 11) is 0. The first-order chi connectivity index (χ1) is 8.86. The minimum atomic E-state index is 0.625. The van der Waals surface area contributed by atoms with E-state index in [0.29, 0.717) is 12.1 Å². The van der Waals surface area contributed by atoms with Crippen molar-refractivity contribution in [3.05, 3.63) is 0 Å². The van der Waals surface area contributed by atoms with Crippen LogP contribution in [0.2, 0.25) is 0 Å². The normalized spacial score (nSPS) is 33.0. The summed E-state index contributed by atoms with van der Waals surface area (Å²) >= 11 is 0. The Hall–Kier alpha value is -0.120. The van der Waals surface area contributed by atoms with Gasteiger partial charge in [-0.3, -0.25) is 4.90 Å². The Morgan fingerprint density at radius 2 is 1.72 bits per heavy atom. The highest BCUT2D eigenvalue weighted by Crippen LogP contribution is 2.35. The number of hydrogen-bond donors (Lipinski definition) is 1. The Morgan fingerprint density at radius 1 is 1.06 bits per heavy atom. The first-order valence-corrected chi connectivity index (χ1v) is 7.92. The second kappa shape index (κ2) is 5.89. The van der Waals surface area contributed by atoms with Crippen LogP contribution in [0, 0.1) is 11.8 Å². The summed E-state index contributed by atoms with van der Waals surface area (Å²) in [6.45, 7) is 7.84. The van der Waals surface area contributed by atoms with Gasteiger partial charge in [0.05, 0.1) is 6.61 Å². The summed E-state index contributed by atoms with van der Waals surface area (Å²) in [5.74, 6) is 1.99. The second-order valence-corrected chi connectivity index (χ2v) is 6.44. The zero-order chi connectivity index (χ0) is 12.4. The average molecular weight is 252 g/mol. The monoisotopic (exact) mass is 252 g/mol. The first kappa shape index (κ1) is 12.9. The molecule has 1 heterocycles. The van der Waals surface area contributed by atoms with E-state index in [-0.39, 0.29) is 0 Å². The van der Waals surface area contributed by atoms with E-state index in [0.717, 1.165) is 31.6 Å². The molecule has 2 unspecified atom stereocenters. The fourth-order valence-corrected chi connectivity index (χ4v) is 3.19. The fourth-order valence-electron chi connectivity index (χ4n) is 3.19. The van der Waals surface area contributed by atoms with E-state index in [2.05, 4.69) is 17.1 Å². The van der Waals surface area contributed by atoms with Crippen LogP contribution in [-0.4, -0.2) is 49.8 Å². The molecule has 1 saturated heterocycles. The molecule has 2 atom stereocenters. The molecule has 0 aromatic heterocycles. The third-order valence-electron chi connectivity index (χ3n) is 4.64. The minimum absolute atomic E-state index is 0.625. The van der Waals surface area contributed by atoms with Gasteiger partial charge in [0.25, 0.3) is 0 Å². The Balaban J connectivity index is 1.60. The molecular weight excluding hydrogens is 224 g/mol. The van der Waals surface area contributed by atoms with E-state index in [1.54, 1.807) is 0 Å². The van der Waals surface area contributed by atoms with E-state index >= 15 is 0 Å². The van der Waals surface area contributed by atoms with Crippen LogP contribution in [0.4, 0.5) is 0 Å². The molecule has 0 aromatic rings. The summed E-state index contributed by atoms with van der Waals surface area (Å²) in [6.07, 6.45) is 7.02. The molecule has 0 aromatic carbocycles. The SMILES string of the molecule is CCNC1CCOCC1N(CC1CC1)CC1CC1. The Labute approximate surface area is 111 Å². The van der Waals surface area contributed by atoms with Crippen molar-refractivity contribution in [2.45, 2.75) is 51.1 Å². The van der Waals surface area contributed by atoms with E-state index in [9.17, 15) is 0 Å². The van der Waals surface area contributed by atoms with Crippen LogP contribution in [0.25, 0.3) is 0 Å². The number of likely N-dealkylation sites (N-methyl/N-ethyl adjacent to an activating group) is 1. The van der Waals surface area contributed by atoms with E-state index in [4.69, 9.17) is 4.74 Å². The van der Waals surface area contributed by atoms with Crippen molar-refractivity contribution in [2.24, 2.45) is 11.8 Å². The molecule has 0 amide bonds. The van der Waals surface area contributed by atoms with Crippen LogP contribution >= 0.6 is 0 Å². The molecule has 0 bridgehead atoms. The van der Waals surface area contributed by atoms with Gasteiger partial charge in [0, 0.05) is 31.8 Å².